The zero-order chi connectivity index (χ0) is 38.6. The van der Waals surface area contributed by atoms with Crippen LogP contribution in [0.5, 0.6) is 0 Å². The van der Waals surface area contributed by atoms with Crippen molar-refractivity contribution in [2.45, 2.75) is 58.5 Å². The molecule has 0 amide bonds. The Bertz CT molecular complexity index is 1790. The molecule has 4 atom stereocenters. The normalized spacial score (nSPS) is 14.6. The van der Waals surface area contributed by atoms with E-state index in [1.54, 1.807) is 38.1 Å². The lowest BCUT2D eigenvalue weighted by Crippen LogP contribution is -2.40. The first kappa shape index (κ1) is 42.5. The first-order valence-electron chi connectivity index (χ1n) is 16.8. The molecule has 7 N–H and O–H groups in total. The number of ether oxygens (including phenoxy) is 1. The SMILES string of the molecule is CCOC(=O)[C@](C)(CO)C[C@H](N)Cc1ccc(-c2cc(Cl)ccc2F)cc1.C[C@@](CO)(C[C@H](N)Cc1ccc(-c2cc(Cl)ccc2F)cc1)C(=O)O. The van der Waals surface area contributed by atoms with Crippen LogP contribution in [-0.4, -0.2) is 59.2 Å². The third kappa shape index (κ3) is 11.8. The van der Waals surface area contributed by atoms with Gasteiger partial charge in [-0.15, -0.1) is 0 Å². The number of carboxylic acid groups (broad SMARTS) is 1. The fourth-order valence-electron chi connectivity index (χ4n) is 5.72. The van der Waals surface area contributed by atoms with Crippen molar-refractivity contribution in [3.05, 3.63) is 118 Å². The van der Waals surface area contributed by atoms with Crippen LogP contribution in [0.15, 0.2) is 84.9 Å². The number of aliphatic carboxylic acids is 1. The second-order valence-corrected chi connectivity index (χ2v) is 14.3. The van der Waals surface area contributed by atoms with Crippen LogP contribution in [0.2, 0.25) is 10.0 Å². The van der Waals surface area contributed by atoms with Gasteiger partial charge in [0.15, 0.2) is 0 Å². The Morgan fingerprint density at radius 2 is 1.10 bits per heavy atom. The van der Waals surface area contributed by atoms with Gasteiger partial charge in [0.05, 0.1) is 30.7 Å². The Labute approximate surface area is 313 Å². The van der Waals surface area contributed by atoms with Gasteiger partial charge in [0.25, 0.3) is 0 Å². The minimum absolute atomic E-state index is 0.156. The molecule has 0 bridgehead atoms. The highest BCUT2D eigenvalue weighted by atomic mass is 35.5. The number of aliphatic hydroxyl groups excluding tert-OH is 2. The van der Waals surface area contributed by atoms with Crippen molar-refractivity contribution in [2.75, 3.05) is 19.8 Å². The highest BCUT2D eigenvalue weighted by Gasteiger charge is 2.36. The molecule has 4 aromatic carbocycles. The number of nitrogens with two attached hydrogens (primary N) is 2. The van der Waals surface area contributed by atoms with Crippen LogP contribution in [0.25, 0.3) is 22.3 Å². The molecule has 0 aromatic heterocycles. The van der Waals surface area contributed by atoms with E-state index in [4.69, 9.17) is 39.4 Å². The van der Waals surface area contributed by atoms with E-state index in [0.717, 1.165) is 16.7 Å². The predicted molar refractivity (Wildman–Crippen MR) is 201 cm³/mol. The molecule has 0 saturated heterocycles. The van der Waals surface area contributed by atoms with Gasteiger partial charge < -0.3 is 31.5 Å². The molecule has 0 aliphatic rings. The summed E-state index contributed by atoms with van der Waals surface area (Å²) in [6.07, 6.45) is 1.44. The van der Waals surface area contributed by atoms with Crippen LogP contribution in [0.1, 0.15) is 44.7 Å². The molecule has 4 rings (SSSR count). The topological polar surface area (TPSA) is 156 Å². The summed E-state index contributed by atoms with van der Waals surface area (Å²) in [6.45, 7) is 4.30. The summed E-state index contributed by atoms with van der Waals surface area (Å²) in [5, 5.41) is 29.0. The van der Waals surface area contributed by atoms with E-state index in [9.17, 15) is 33.7 Å². The number of hydrogen-bond acceptors (Lipinski definition) is 7. The van der Waals surface area contributed by atoms with Crippen molar-refractivity contribution in [2.24, 2.45) is 22.3 Å². The fraction of sp³-hybridized carbons (Fsp3) is 0.350. The molecule has 0 fully saturated rings. The Balaban J connectivity index is 0.000000281. The number of hydrogen-bond donors (Lipinski definition) is 5. The summed E-state index contributed by atoms with van der Waals surface area (Å²) in [6, 6.07) is 22.6. The summed E-state index contributed by atoms with van der Waals surface area (Å²) in [5.74, 6) is -2.21. The van der Waals surface area contributed by atoms with E-state index in [2.05, 4.69) is 0 Å². The maximum Gasteiger partial charge on any atom is 0.314 e. The minimum Gasteiger partial charge on any atom is -0.481 e. The van der Waals surface area contributed by atoms with E-state index < -0.39 is 35.4 Å². The van der Waals surface area contributed by atoms with Gasteiger partial charge >= 0.3 is 11.9 Å². The monoisotopic (exact) mass is 758 g/mol. The molecule has 0 saturated carbocycles. The van der Waals surface area contributed by atoms with E-state index in [0.29, 0.717) is 46.0 Å². The molecule has 0 spiro atoms. The van der Waals surface area contributed by atoms with Gasteiger partial charge in [-0.25, -0.2) is 8.78 Å². The average molecular weight is 760 g/mol. The molecular formula is C40H46Cl2F2N2O6. The summed E-state index contributed by atoms with van der Waals surface area (Å²) >= 11 is 11.9. The maximum absolute atomic E-state index is 14.0. The highest BCUT2D eigenvalue weighted by Crippen LogP contribution is 2.30. The van der Waals surface area contributed by atoms with Crippen LogP contribution >= 0.6 is 23.2 Å². The van der Waals surface area contributed by atoms with Gasteiger partial charge in [-0.05, 0) is 105 Å². The van der Waals surface area contributed by atoms with Crippen molar-refractivity contribution in [1.29, 1.82) is 0 Å². The third-order valence-electron chi connectivity index (χ3n) is 8.79. The Kier molecular flexibility index (Phi) is 15.7. The number of carboxylic acids is 1. The predicted octanol–water partition coefficient (Wildman–Crippen LogP) is 7.46. The maximum atomic E-state index is 14.0. The molecular weight excluding hydrogens is 713 g/mol. The van der Waals surface area contributed by atoms with Crippen molar-refractivity contribution < 1.29 is 38.4 Å². The summed E-state index contributed by atoms with van der Waals surface area (Å²) in [4.78, 5) is 23.3. The van der Waals surface area contributed by atoms with E-state index in [-0.39, 0.29) is 37.3 Å². The van der Waals surface area contributed by atoms with Crippen LogP contribution < -0.4 is 11.5 Å². The number of halogens is 4. The second kappa shape index (κ2) is 19.3. The van der Waals surface area contributed by atoms with Crippen LogP contribution in [0, 0.1) is 22.5 Å². The number of aliphatic hydroxyl groups is 2. The highest BCUT2D eigenvalue weighted by molar-refractivity contribution is 6.31. The number of carbonyl (C=O) groups excluding carboxylic acids is 1. The van der Waals surface area contributed by atoms with Gasteiger partial charge in [0.1, 0.15) is 11.6 Å². The number of rotatable bonds is 15. The smallest absolute Gasteiger partial charge is 0.314 e. The Hall–Kier alpha value is -3.90. The second-order valence-electron chi connectivity index (χ2n) is 13.4. The summed E-state index contributed by atoms with van der Waals surface area (Å²) in [7, 11) is 0. The zero-order valence-corrected chi connectivity index (χ0v) is 30.9. The molecule has 12 heteroatoms. The fourth-order valence-corrected chi connectivity index (χ4v) is 6.07. The molecule has 52 heavy (non-hydrogen) atoms. The number of carbonyl (C=O) groups is 2. The van der Waals surface area contributed by atoms with E-state index in [1.165, 1.54) is 31.2 Å². The first-order chi connectivity index (χ1) is 24.5. The van der Waals surface area contributed by atoms with Crippen LogP contribution in [0.4, 0.5) is 8.78 Å². The molecule has 0 aliphatic carbocycles. The Morgan fingerprint density at radius 3 is 1.44 bits per heavy atom. The van der Waals surface area contributed by atoms with Gasteiger partial charge in [-0.2, -0.15) is 0 Å². The molecule has 280 valence electrons. The number of esters is 1. The van der Waals surface area contributed by atoms with Gasteiger partial charge in [0, 0.05) is 33.3 Å². The molecule has 0 aliphatic heterocycles. The van der Waals surface area contributed by atoms with Gasteiger partial charge in [-0.1, -0.05) is 71.7 Å². The van der Waals surface area contributed by atoms with Crippen LogP contribution in [0.3, 0.4) is 0 Å². The molecule has 0 radical (unpaired) electrons. The quantitative estimate of drug-likeness (QED) is 0.0783. The summed E-state index contributed by atoms with van der Waals surface area (Å²) < 4.78 is 32.9. The standard InChI is InChI=1S/C21H25ClFNO3.C19H21ClFNO3/c1-3-27-20(26)21(2,13-25)12-17(24)10-14-4-6-15(7-5-14)18-11-16(22)8-9-19(18)23;1-19(11-23,18(24)25)10-15(22)8-12-2-4-13(5-3-12)16-9-14(20)6-7-17(16)21/h4-9,11,17,25H,3,10,12-13,24H2,1-2H3;2-7,9,15,23H,8,10-11,22H2,1H3,(H,24,25)/t17-,21+;15-,19+/m11/s1. The molecule has 4 aromatic rings. The minimum atomic E-state index is -1.26. The Morgan fingerprint density at radius 1 is 0.712 bits per heavy atom. The van der Waals surface area contributed by atoms with Gasteiger partial charge in [0.2, 0.25) is 0 Å². The van der Waals surface area contributed by atoms with Crippen molar-refractivity contribution in [1.82, 2.24) is 0 Å². The lowest BCUT2D eigenvalue weighted by atomic mass is 9.83. The van der Waals surface area contributed by atoms with Gasteiger partial charge in [-0.3, -0.25) is 9.59 Å². The lowest BCUT2D eigenvalue weighted by Gasteiger charge is -2.27. The molecule has 0 heterocycles. The molecule has 0 unspecified atom stereocenters. The van der Waals surface area contributed by atoms with Crippen molar-refractivity contribution in [3.63, 3.8) is 0 Å². The summed E-state index contributed by atoms with van der Waals surface area (Å²) in [5.41, 5.74) is 14.1. The van der Waals surface area contributed by atoms with E-state index >= 15 is 0 Å². The average Bonchev–Trinajstić information content (AvgIpc) is 3.11. The van der Waals surface area contributed by atoms with Crippen LogP contribution in [-0.2, 0) is 27.2 Å². The largest absolute Gasteiger partial charge is 0.481 e. The third-order valence-corrected chi connectivity index (χ3v) is 9.26. The number of benzene rings is 4. The lowest BCUT2D eigenvalue weighted by molar-refractivity contribution is -0.157. The zero-order valence-electron chi connectivity index (χ0n) is 29.4. The first-order valence-corrected chi connectivity index (χ1v) is 17.5. The van der Waals surface area contributed by atoms with Crippen molar-refractivity contribution in [3.8, 4) is 22.3 Å². The van der Waals surface area contributed by atoms with Crippen molar-refractivity contribution >= 4 is 35.1 Å². The van der Waals surface area contributed by atoms with E-state index in [1.807, 2.05) is 36.4 Å². The molecule has 8 nitrogen and oxygen atoms in total.